The lowest BCUT2D eigenvalue weighted by atomic mass is 10.1. The Balaban J connectivity index is 2.64. The van der Waals surface area contributed by atoms with Crippen LogP contribution in [0.4, 0.5) is 23.2 Å². The zero-order valence-electron chi connectivity index (χ0n) is 10.2. The molecule has 1 heterocycles. The van der Waals surface area contributed by atoms with Gasteiger partial charge >= 0.3 is 6.18 Å². The van der Waals surface area contributed by atoms with Crippen molar-refractivity contribution >= 4 is 17.0 Å². The van der Waals surface area contributed by atoms with E-state index < -0.39 is 17.6 Å². The quantitative estimate of drug-likeness (QED) is 0.797. The second-order valence-electron chi connectivity index (χ2n) is 4.10. The summed E-state index contributed by atoms with van der Waals surface area (Å²) in [5, 5.41) is 8.87. The first kappa shape index (κ1) is 14.3. The molecule has 0 bridgehead atoms. The molecule has 7 heteroatoms. The summed E-state index contributed by atoms with van der Waals surface area (Å²) in [6, 6.07) is 4.61. The molecule has 0 amide bonds. The van der Waals surface area contributed by atoms with Crippen molar-refractivity contribution in [1.29, 1.82) is 5.26 Å². The molecule has 2 N–H and O–H groups in total. The van der Waals surface area contributed by atoms with E-state index in [1.54, 1.807) is 6.92 Å². The fourth-order valence-corrected chi connectivity index (χ4v) is 2.79. The highest BCUT2D eigenvalue weighted by atomic mass is 32.1. The molecule has 0 aliphatic rings. The van der Waals surface area contributed by atoms with Crippen molar-refractivity contribution in [3.63, 3.8) is 0 Å². The maximum atomic E-state index is 13.2. The third kappa shape index (κ3) is 2.34. The van der Waals surface area contributed by atoms with Gasteiger partial charge in [0.2, 0.25) is 0 Å². The first-order chi connectivity index (χ1) is 9.25. The van der Waals surface area contributed by atoms with E-state index in [1.165, 1.54) is 6.07 Å². The van der Waals surface area contributed by atoms with E-state index in [-0.39, 0.29) is 16.1 Å². The van der Waals surface area contributed by atoms with Gasteiger partial charge in [0.05, 0.1) is 11.3 Å². The van der Waals surface area contributed by atoms with Crippen molar-refractivity contribution in [3.05, 3.63) is 40.0 Å². The number of hydrogen-bond donors (Lipinski definition) is 1. The summed E-state index contributed by atoms with van der Waals surface area (Å²) in [6.07, 6.45) is -4.77. The van der Waals surface area contributed by atoms with Crippen molar-refractivity contribution in [1.82, 2.24) is 0 Å². The number of rotatable bonds is 1. The van der Waals surface area contributed by atoms with Gasteiger partial charge in [-0.1, -0.05) is 6.07 Å². The van der Waals surface area contributed by atoms with Crippen molar-refractivity contribution in [3.8, 4) is 16.5 Å². The molecule has 0 saturated carbocycles. The molecular formula is C13H8F4N2S. The highest BCUT2D eigenvalue weighted by molar-refractivity contribution is 7.16. The van der Waals surface area contributed by atoms with Gasteiger partial charge < -0.3 is 5.73 Å². The predicted octanol–water partition coefficient (Wildman–Crippen LogP) is 4.34. The van der Waals surface area contributed by atoms with Gasteiger partial charge in [-0.05, 0) is 30.2 Å². The van der Waals surface area contributed by atoms with E-state index >= 15 is 0 Å². The van der Waals surface area contributed by atoms with E-state index in [2.05, 4.69) is 0 Å². The average Bonchev–Trinajstić information content (AvgIpc) is 2.65. The highest BCUT2D eigenvalue weighted by Crippen LogP contribution is 2.40. The topological polar surface area (TPSA) is 49.8 Å². The largest absolute Gasteiger partial charge is 0.419 e. The minimum atomic E-state index is -4.77. The monoisotopic (exact) mass is 300 g/mol. The molecule has 0 aliphatic carbocycles. The number of thiophene rings is 1. The van der Waals surface area contributed by atoms with Crippen LogP contribution in [0.25, 0.3) is 10.4 Å². The maximum absolute atomic E-state index is 13.2. The van der Waals surface area contributed by atoms with E-state index in [4.69, 9.17) is 11.0 Å². The van der Waals surface area contributed by atoms with E-state index in [0.29, 0.717) is 10.4 Å². The minimum absolute atomic E-state index is 0.189. The van der Waals surface area contributed by atoms with Gasteiger partial charge in [0.15, 0.2) is 0 Å². The molecule has 0 saturated heterocycles. The van der Waals surface area contributed by atoms with Gasteiger partial charge in [-0.2, -0.15) is 18.4 Å². The number of nitrogens with two attached hydrogens (primary N) is 1. The lowest BCUT2D eigenvalue weighted by molar-refractivity contribution is -0.139. The minimum Gasteiger partial charge on any atom is -0.397 e. The van der Waals surface area contributed by atoms with Gasteiger partial charge in [-0.25, -0.2) is 4.39 Å². The van der Waals surface area contributed by atoms with Crippen LogP contribution < -0.4 is 5.73 Å². The van der Waals surface area contributed by atoms with Crippen LogP contribution in [0.15, 0.2) is 18.2 Å². The molecule has 2 nitrogen and oxygen atoms in total. The molecule has 2 rings (SSSR count). The van der Waals surface area contributed by atoms with Gasteiger partial charge in [0, 0.05) is 4.88 Å². The SMILES string of the molecule is Cc1c(-c2ccc(F)c(C(F)(F)F)c2)sc(C#N)c1N. The fourth-order valence-electron chi connectivity index (χ4n) is 1.77. The number of alkyl halides is 3. The molecule has 1 aromatic carbocycles. The number of anilines is 1. The van der Waals surface area contributed by atoms with Crippen LogP contribution in [0, 0.1) is 24.1 Å². The number of benzene rings is 1. The summed E-state index contributed by atoms with van der Waals surface area (Å²) in [5.74, 6) is -1.33. The second-order valence-corrected chi connectivity index (χ2v) is 5.12. The summed E-state index contributed by atoms with van der Waals surface area (Å²) in [4.78, 5) is 0.667. The standard InChI is InChI=1S/C13H8F4N2S/c1-6-11(19)10(5-18)20-12(6)7-2-3-9(14)8(4-7)13(15,16)17/h2-4H,19H2,1H3. The van der Waals surface area contributed by atoms with Crippen LogP contribution in [0.1, 0.15) is 16.0 Å². The summed E-state index contributed by atoms with van der Waals surface area (Å²) in [5.41, 5.74) is 5.31. The molecule has 0 spiro atoms. The number of nitrogens with zero attached hydrogens (tertiary/aromatic N) is 1. The third-order valence-electron chi connectivity index (χ3n) is 2.83. The fraction of sp³-hybridized carbons (Fsp3) is 0.154. The smallest absolute Gasteiger partial charge is 0.397 e. The van der Waals surface area contributed by atoms with E-state index in [1.807, 2.05) is 6.07 Å². The third-order valence-corrected chi connectivity index (χ3v) is 4.09. The average molecular weight is 300 g/mol. The van der Waals surface area contributed by atoms with Gasteiger partial charge in [0.25, 0.3) is 0 Å². The lowest BCUT2D eigenvalue weighted by Crippen LogP contribution is -2.08. The van der Waals surface area contributed by atoms with Crippen molar-refractivity contribution in [2.45, 2.75) is 13.1 Å². The van der Waals surface area contributed by atoms with E-state index in [0.717, 1.165) is 23.5 Å². The molecule has 20 heavy (non-hydrogen) atoms. The van der Waals surface area contributed by atoms with Crippen molar-refractivity contribution in [2.24, 2.45) is 0 Å². The van der Waals surface area contributed by atoms with Gasteiger partial charge in [-0.15, -0.1) is 11.3 Å². The van der Waals surface area contributed by atoms with Crippen molar-refractivity contribution in [2.75, 3.05) is 5.73 Å². The maximum Gasteiger partial charge on any atom is 0.419 e. The zero-order valence-corrected chi connectivity index (χ0v) is 11.0. The highest BCUT2D eigenvalue weighted by Gasteiger charge is 2.34. The Morgan fingerprint density at radius 2 is 1.95 bits per heavy atom. The number of nitriles is 1. The summed E-state index contributed by atoms with van der Waals surface area (Å²) < 4.78 is 51.3. The van der Waals surface area contributed by atoms with Crippen molar-refractivity contribution < 1.29 is 17.6 Å². The predicted molar refractivity (Wildman–Crippen MR) is 68.6 cm³/mol. The molecule has 1 aromatic heterocycles. The van der Waals surface area contributed by atoms with Gasteiger partial charge in [0.1, 0.15) is 16.8 Å². The number of hydrogen-bond acceptors (Lipinski definition) is 3. The second kappa shape index (κ2) is 4.80. The molecular weight excluding hydrogens is 292 g/mol. The molecule has 0 radical (unpaired) electrons. The molecule has 0 atom stereocenters. The number of halogens is 4. The van der Waals surface area contributed by atoms with Crippen LogP contribution in [-0.4, -0.2) is 0 Å². The Bertz CT molecular complexity index is 710. The summed E-state index contributed by atoms with van der Waals surface area (Å²) >= 11 is 0.988. The normalized spacial score (nSPS) is 11.4. The Labute approximate surface area is 116 Å². The van der Waals surface area contributed by atoms with Crippen LogP contribution in [-0.2, 0) is 6.18 Å². The molecule has 0 fully saturated rings. The molecule has 104 valence electrons. The van der Waals surface area contributed by atoms with Crippen LogP contribution >= 0.6 is 11.3 Å². The first-order valence-corrected chi connectivity index (χ1v) is 6.23. The van der Waals surface area contributed by atoms with Crippen LogP contribution in [0.5, 0.6) is 0 Å². The van der Waals surface area contributed by atoms with Crippen LogP contribution in [0.2, 0.25) is 0 Å². The molecule has 2 aromatic rings. The summed E-state index contributed by atoms with van der Waals surface area (Å²) in [7, 11) is 0. The Morgan fingerprint density at radius 3 is 2.45 bits per heavy atom. The van der Waals surface area contributed by atoms with E-state index in [9.17, 15) is 17.6 Å². The first-order valence-electron chi connectivity index (χ1n) is 5.41. The zero-order chi connectivity index (χ0) is 15.1. The Kier molecular flexibility index (Phi) is 3.44. The lowest BCUT2D eigenvalue weighted by Gasteiger charge is -2.09. The Hall–Kier alpha value is -2.07. The Morgan fingerprint density at radius 1 is 1.30 bits per heavy atom. The summed E-state index contributed by atoms with van der Waals surface area (Å²) in [6.45, 7) is 1.61. The molecule has 0 unspecified atom stereocenters. The van der Waals surface area contributed by atoms with Gasteiger partial charge in [-0.3, -0.25) is 0 Å². The van der Waals surface area contributed by atoms with Crippen LogP contribution in [0.3, 0.4) is 0 Å². The molecule has 0 aliphatic heterocycles. The number of nitrogen functional groups attached to an aromatic ring is 1.